The van der Waals surface area contributed by atoms with Gasteiger partial charge >= 0.3 is 11.6 Å². The summed E-state index contributed by atoms with van der Waals surface area (Å²) in [5.74, 6) is -0.529. The lowest BCUT2D eigenvalue weighted by Gasteiger charge is -2.54. The normalized spacial score (nSPS) is 28.1. The van der Waals surface area contributed by atoms with Gasteiger partial charge in [0, 0.05) is 25.3 Å². The van der Waals surface area contributed by atoms with Crippen LogP contribution in [0.3, 0.4) is 0 Å². The van der Waals surface area contributed by atoms with E-state index < -0.39 is 23.4 Å². The molecule has 3 unspecified atom stereocenters. The highest BCUT2D eigenvalue weighted by Crippen LogP contribution is 2.40. The maximum atomic E-state index is 13.0. The highest BCUT2D eigenvalue weighted by molar-refractivity contribution is 8.00. The van der Waals surface area contributed by atoms with Crippen LogP contribution in [0, 0.1) is 5.92 Å². The standard InChI is InChI=1S/C21H27N9O4S2/c1-3-34-26-14(16-25-21(22)36-27-16)18(31)24-12-8-30-15(20(32)33)11(9-35-19(12)30)7-29-6-4-5-13-17(29)23-10-28(13)2/h4-6,10-12,15,19,21H,3,7-9,22H2,1-2H3,(H2-,24,25,27,31,32,33)/p+1/b26-14-/t11?,12-,15?,19-,21?/m1/s1. The Bertz CT molecular complexity index is 1240. The molecule has 13 nitrogen and oxygen atoms in total. The van der Waals surface area contributed by atoms with Gasteiger partial charge in [0.15, 0.2) is 11.3 Å². The molecule has 5 heterocycles. The van der Waals surface area contributed by atoms with E-state index in [-0.39, 0.29) is 28.9 Å². The van der Waals surface area contributed by atoms with E-state index in [0.717, 1.165) is 11.2 Å². The molecule has 0 aromatic carbocycles. The third kappa shape index (κ3) is 4.63. The Balaban J connectivity index is 1.27. The second-order valence-electron chi connectivity index (χ2n) is 8.71. The molecule has 0 radical (unpaired) electrons. The van der Waals surface area contributed by atoms with E-state index >= 15 is 0 Å². The fourth-order valence-electron chi connectivity index (χ4n) is 4.71. The van der Waals surface area contributed by atoms with Gasteiger partial charge in [-0.15, -0.1) is 11.8 Å². The first-order chi connectivity index (χ1) is 17.4. The van der Waals surface area contributed by atoms with Crippen molar-refractivity contribution in [1.29, 1.82) is 0 Å². The van der Waals surface area contributed by atoms with Crippen LogP contribution < -0.4 is 20.3 Å². The summed E-state index contributed by atoms with van der Waals surface area (Å²) in [4.78, 5) is 41.1. The van der Waals surface area contributed by atoms with Gasteiger partial charge in [-0.3, -0.25) is 20.2 Å². The maximum absolute atomic E-state index is 13.0. The molecule has 5 atom stereocenters. The molecular formula is C21H28N9O4S2+. The van der Waals surface area contributed by atoms with Crippen molar-refractivity contribution in [3.63, 3.8) is 0 Å². The van der Waals surface area contributed by atoms with Crippen LogP contribution in [-0.4, -0.2) is 84.8 Å². The highest BCUT2D eigenvalue weighted by Gasteiger charge is 2.53. The van der Waals surface area contributed by atoms with Crippen LogP contribution >= 0.6 is 23.7 Å². The molecule has 0 bridgehead atoms. The molecule has 36 heavy (non-hydrogen) atoms. The number of oxime groups is 1. The maximum Gasteiger partial charge on any atom is 0.348 e. The van der Waals surface area contributed by atoms with Crippen LogP contribution in [0.15, 0.2) is 34.8 Å². The minimum absolute atomic E-state index is 0.0177. The molecule has 5 N–H and O–H groups in total. The zero-order chi connectivity index (χ0) is 25.4. The third-order valence-electron chi connectivity index (χ3n) is 6.38. The zero-order valence-corrected chi connectivity index (χ0v) is 21.4. The lowest BCUT2D eigenvalue weighted by molar-refractivity contribution is -0.679. The predicted octanol–water partition coefficient (Wildman–Crippen LogP) is -0.912. The molecule has 0 aliphatic carbocycles. The molecule has 15 heteroatoms. The SMILES string of the molecule is CCO/N=C(\C(=O)N[C@@H]1CN2C(C(=O)O)C(C[n+]3cccc4c3ncn4C)CS[C@H]12)C1=NC(N)SN1. The molecule has 2 saturated heterocycles. The van der Waals surface area contributed by atoms with Gasteiger partial charge in [0.25, 0.3) is 5.91 Å². The van der Waals surface area contributed by atoms with Gasteiger partial charge in [0.2, 0.25) is 12.0 Å². The number of hydrogen-bond acceptors (Lipinski definition) is 11. The average Bonchev–Trinajstić information content (AvgIpc) is 3.44. The summed E-state index contributed by atoms with van der Waals surface area (Å²) in [7, 11) is 1.93. The quantitative estimate of drug-likeness (QED) is 0.144. The number of imidazole rings is 1. The number of rotatable bonds is 8. The first-order valence-corrected chi connectivity index (χ1v) is 13.5. The molecule has 3 aliphatic rings. The van der Waals surface area contributed by atoms with E-state index in [9.17, 15) is 14.7 Å². The van der Waals surface area contributed by atoms with Crippen molar-refractivity contribution in [2.45, 2.75) is 36.4 Å². The van der Waals surface area contributed by atoms with Gasteiger partial charge in [-0.2, -0.15) is 0 Å². The Morgan fingerprint density at radius 1 is 1.47 bits per heavy atom. The number of aromatic nitrogens is 3. The molecule has 192 valence electrons. The number of aliphatic imine (C=N–C) groups is 1. The van der Waals surface area contributed by atoms with Crippen LogP contribution in [0.1, 0.15) is 6.92 Å². The van der Waals surface area contributed by atoms with Crippen LogP contribution in [0.25, 0.3) is 11.2 Å². The first kappa shape index (κ1) is 24.8. The number of nitrogens with one attached hydrogen (secondary N) is 2. The Hall–Kier alpha value is -2.88. The van der Waals surface area contributed by atoms with Crippen molar-refractivity contribution in [2.24, 2.45) is 28.8 Å². The number of aliphatic carboxylic acids is 1. The van der Waals surface area contributed by atoms with Gasteiger partial charge in [-0.1, -0.05) is 5.16 Å². The average molecular weight is 535 g/mol. The van der Waals surface area contributed by atoms with Crippen molar-refractivity contribution >= 4 is 58.3 Å². The summed E-state index contributed by atoms with van der Waals surface area (Å²) < 4.78 is 6.85. The number of nitrogens with two attached hydrogens (primary N) is 1. The van der Waals surface area contributed by atoms with E-state index in [4.69, 9.17) is 10.6 Å². The summed E-state index contributed by atoms with van der Waals surface area (Å²) in [5.41, 5.74) is 7.08. The van der Waals surface area contributed by atoms with E-state index in [1.54, 1.807) is 25.0 Å². The smallest absolute Gasteiger partial charge is 0.348 e. The molecule has 0 spiro atoms. The largest absolute Gasteiger partial charge is 0.480 e. The molecular weight excluding hydrogens is 506 g/mol. The second-order valence-corrected chi connectivity index (χ2v) is 10.8. The highest BCUT2D eigenvalue weighted by atomic mass is 32.2. The molecule has 2 fully saturated rings. The summed E-state index contributed by atoms with van der Waals surface area (Å²) >= 11 is 2.82. The number of nitrogens with zero attached hydrogens (tertiary/aromatic N) is 6. The summed E-state index contributed by atoms with van der Waals surface area (Å²) in [6.45, 7) is 3.02. The van der Waals surface area contributed by atoms with Crippen molar-refractivity contribution < 1.29 is 24.1 Å². The molecule has 1 amide bonds. The number of amidine groups is 1. The van der Waals surface area contributed by atoms with Crippen molar-refractivity contribution in [3.05, 3.63) is 24.7 Å². The first-order valence-electron chi connectivity index (χ1n) is 11.5. The van der Waals surface area contributed by atoms with E-state index in [0.29, 0.717) is 25.4 Å². The summed E-state index contributed by atoms with van der Waals surface area (Å²) in [6, 6.07) is 3.05. The number of thioether (sulfide) groups is 1. The Kier molecular flexibility index (Phi) is 7.05. The van der Waals surface area contributed by atoms with Crippen LogP contribution in [0.5, 0.6) is 0 Å². The molecule has 2 aromatic rings. The van der Waals surface area contributed by atoms with Gasteiger partial charge in [-0.05, 0) is 36.0 Å². The van der Waals surface area contributed by atoms with Gasteiger partial charge in [-0.25, -0.2) is 9.56 Å². The Morgan fingerprint density at radius 2 is 2.31 bits per heavy atom. The molecule has 5 rings (SSSR count). The monoisotopic (exact) mass is 534 g/mol. The van der Waals surface area contributed by atoms with Gasteiger partial charge in [0.1, 0.15) is 18.2 Å². The lowest BCUT2D eigenvalue weighted by Crippen LogP contribution is -2.73. The molecule has 0 saturated carbocycles. The Labute approximate surface area is 215 Å². The Morgan fingerprint density at radius 3 is 3.03 bits per heavy atom. The van der Waals surface area contributed by atoms with E-state index in [1.807, 2.05) is 39.4 Å². The molecule has 3 aliphatic heterocycles. The summed E-state index contributed by atoms with van der Waals surface area (Å²) in [6.07, 6.45) is 3.69. The topological polar surface area (TPSA) is 163 Å². The van der Waals surface area contributed by atoms with E-state index in [2.05, 4.69) is 25.2 Å². The number of amides is 1. The molecule has 2 aromatic heterocycles. The van der Waals surface area contributed by atoms with Crippen LogP contribution in [0.4, 0.5) is 0 Å². The lowest BCUT2D eigenvalue weighted by atomic mass is 9.93. The predicted molar refractivity (Wildman–Crippen MR) is 136 cm³/mol. The van der Waals surface area contributed by atoms with Gasteiger partial charge < -0.3 is 24.6 Å². The minimum atomic E-state index is -0.863. The number of aryl methyl sites for hydroxylation is 1. The van der Waals surface area contributed by atoms with Crippen molar-refractivity contribution in [2.75, 3.05) is 18.9 Å². The van der Waals surface area contributed by atoms with Gasteiger partial charge in [0.05, 0.1) is 24.2 Å². The van der Waals surface area contributed by atoms with Crippen molar-refractivity contribution in [3.8, 4) is 0 Å². The zero-order valence-electron chi connectivity index (χ0n) is 19.8. The summed E-state index contributed by atoms with van der Waals surface area (Å²) in [5, 5.41) is 16.9. The fraction of sp³-hybridized carbons (Fsp3) is 0.524. The van der Waals surface area contributed by atoms with Crippen molar-refractivity contribution in [1.82, 2.24) is 24.5 Å². The number of fused-ring (bicyclic) bond motifs is 2. The number of hydrogen-bond donors (Lipinski definition) is 4. The number of carbonyl (C=O) groups excluding carboxylic acids is 1. The van der Waals surface area contributed by atoms with Crippen LogP contribution in [0.2, 0.25) is 0 Å². The third-order valence-corrected chi connectivity index (χ3v) is 8.60. The number of pyridine rings is 1. The fourth-order valence-corrected chi connectivity index (χ4v) is 6.78. The minimum Gasteiger partial charge on any atom is -0.480 e. The van der Waals surface area contributed by atoms with E-state index in [1.165, 1.54) is 11.9 Å². The second kappa shape index (κ2) is 10.2. The number of carboxylic acid groups (broad SMARTS) is 1. The number of carbonyl (C=O) groups is 2. The number of carboxylic acids is 1. The van der Waals surface area contributed by atoms with Crippen LogP contribution in [-0.2, 0) is 28.0 Å².